The van der Waals surface area contributed by atoms with E-state index in [2.05, 4.69) is 35.3 Å². The van der Waals surface area contributed by atoms with Gasteiger partial charge in [0.1, 0.15) is 5.76 Å². The van der Waals surface area contributed by atoms with Crippen molar-refractivity contribution in [2.45, 2.75) is 38.7 Å². The summed E-state index contributed by atoms with van der Waals surface area (Å²) in [4.78, 5) is 0. The fraction of sp³-hybridized carbons (Fsp3) is 0.312. The topological polar surface area (TPSA) is 65.0 Å². The Labute approximate surface area is 133 Å². The maximum Gasteiger partial charge on any atom is 0.277 e. The second-order valence-electron chi connectivity index (χ2n) is 5.34. The van der Waals surface area contributed by atoms with E-state index in [9.17, 15) is 0 Å². The Kier molecular flexibility index (Phi) is 4.02. The van der Waals surface area contributed by atoms with Crippen LogP contribution in [0, 0.1) is 27.7 Å². The average molecular weight is 315 g/mol. The molecule has 6 heteroatoms. The molecule has 0 fully saturated rings. The molecule has 0 saturated heterocycles. The fourth-order valence-electron chi connectivity index (χ4n) is 2.32. The first-order valence-electron chi connectivity index (χ1n) is 6.99. The monoisotopic (exact) mass is 315 g/mol. The molecule has 2 aromatic heterocycles. The summed E-state index contributed by atoms with van der Waals surface area (Å²) in [5.74, 6) is 2.09. The number of nitrogens with zero attached hydrogens (tertiary/aromatic N) is 3. The summed E-state index contributed by atoms with van der Waals surface area (Å²) in [5, 5.41) is 12.7. The van der Waals surface area contributed by atoms with Crippen LogP contribution in [0.4, 0.5) is 0 Å². The number of hydrogen-bond acceptors (Lipinski definition) is 6. The van der Waals surface area contributed by atoms with Gasteiger partial charge in [-0.25, -0.2) is 0 Å². The first-order valence-corrected chi connectivity index (χ1v) is 7.98. The zero-order valence-corrected chi connectivity index (χ0v) is 13.8. The highest BCUT2D eigenvalue weighted by Crippen LogP contribution is 2.28. The summed E-state index contributed by atoms with van der Waals surface area (Å²) >= 11 is 1.49. The predicted molar refractivity (Wildman–Crippen MR) is 84.7 cm³/mol. The Morgan fingerprint density at radius 2 is 1.73 bits per heavy atom. The van der Waals surface area contributed by atoms with Crippen LogP contribution >= 0.6 is 11.8 Å². The minimum absolute atomic E-state index is 0.549. The highest BCUT2D eigenvalue weighted by Gasteiger charge is 2.13. The molecule has 0 spiro atoms. The summed E-state index contributed by atoms with van der Waals surface area (Å²) in [5.41, 5.74) is 5.29. The summed E-state index contributed by atoms with van der Waals surface area (Å²) in [7, 11) is 0. The van der Waals surface area contributed by atoms with Crippen molar-refractivity contribution >= 4 is 11.8 Å². The van der Waals surface area contributed by atoms with Crippen molar-refractivity contribution in [3.8, 4) is 11.5 Å². The van der Waals surface area contributed by atoms with Gasteiger partial charge in [0.25, 0.3) is 5.22 Å². The van der Waals surface area contributed by atoms with Crippen molar-refractivity contribution in [2.24, 2.45) is 0 Å². The van der Waals surface area contributed by atoms with Gasteiger partial charge in [0.15, 0.2) is 0 Å². The third-order valence-electron chi connectivity index (χ3n) is 3.40. The maximum atomic E-state index is 5.75. The van der Waals surface area contributed by atoms with Crippen molar-refractivity contribution < 1.29 is 8.94 Å². The molecule has 0 bridgehead atoms. The first kappa shape index (κ1) is 14.8. The molecule has 0 amide bonds. The standard InChI is InChI=1S/C16H17N3O2S/c1-9-5-10(2)7-13(6-9)15-17-18-16(20-15)22-8-14-11(3)19-21-12(14)4/h5-7H,8H2,1-4H3. The molecule has 22 heavy (non-hydrogen) atoms. The number of aryl methyl sites for hydroxylation is 4. The average Bonchev–Trinajstić information content (AvgIpc) is 3.04. The molecule has 1 aromatic carbocycles. The Hall–Kier alpha value is -2.08. The molecule has 5 nitrogen and oxygen atoms in total. The molecular weight excluding hydrogens is 298 g/mol. The van der Waals surface area contributed by atoms with E-state index in [1.54, 1.807) is 0 Å². The third kappa shape index (κ3) is 3.06. The zero-order valence-electron chi connectivity index (χ0n) is 13.0. The Balaban J connectivity index is 1.76. The number of benzene rings is 1. The van der Waals surface area contributed by atoms with Gasteiger partial charge >= 0.3 is 0 Å². The zero-order chi connectivity index (χ0) is 15.7. The van der Waals surface area contributed by atoms with E-state index in [0.29, 0.717) is 16.9 Å². The minimum atomic E-state index is 0.549. The highest BCUT2D eigenvalue weighted by molar-refractivity contribution is 7.98. The molecule has 0 aliphatic carbocycles. The molecule has 3 aromatic rings. The Morgan fingerprint density at radius 1 is 1.00 bits per heavy atom. The second kappa shape index (κ2) is 5.96. The lowest BCUT2D eigenvalue weighted by molar-refractivity contribution is 0.392. The number of hydrogen-bond donors (Lipinski definition) is 0. The quantitative estimate of drug-likeness (QED) is 0.671. The van der Waals surface area contributed by atoms with Crippen LogP contribution < -0.4 is 0 Å². The van der Waals surface area contributed by atoms with Crippen LogP contribution in [0.25, 0.3) is 11.5 Å². The smallest absolute Gasteiger partial charge is 0.277 e. The maximum absolute atomic E-state index is 5.75. The Morgan fingerprint density at radius 3 is 2.36 bits per heavy atom. The lowest BCUT2D eigenvalue weighted by Gasteiger charge is -2.00. The van der Waals surface area contributed by atoms with E-state index >= 15 is 0 Å². The van der Waals surface area contributed by atoms with Crippen molar-refractivity contribution in [1.29, 1.82) is 0 Å². The van der Waals surface area contributed by atoms with E-state index in [-0.39, 0.29) is 0 Å². The van der Waals surface area contributed by atoms with Gasteiger partial charge in [-0.1, -0.05) is 34.1 Å². The van der Waals surface area contributed by atoms with Gasteiger partial charge < -0.3 is 8.94 Å². The largest absolute Gasteiger partial charge is 0.411 e. The molecule has 114 valence electrons. The van der Waals surface area contributed by atoms with Gasteiger partial charge in [-0.2, -0.15) is 0 Å². The van der Waals surface area contributed by atoms with Gasteiger partial charge in [-0.15, -0.1) is 10.2 Å². The lowest BCUT2D eigenvalue weighted by Crippen LogP contribution is -1.84. The first-order chi connectivity index (χ1) is 10.5. The molecule has 3 rings (SSSR count). The number of rotatable bonds is 4. The van der Waals surface area contributed by atoms with Crippen LogP contribution in [0.5, 0.6) is 0 Å². The van der Waals surface area contributed by atoms with E-state index in [1.807, 2.05) is 26.0 Å². The second-order valence-corrected chi connectivity index (χ2v) is 6.27. The van der Waals surface area contributed by atoms with Crippen molar-refractivity contribution in [1.82, 2.24) is 15.4 Å². The normalized spacial score (nSPS) is 11.1. The molecule has 0 radical (unpaired) electrons. The van der Waals surface area contributed by atoms with Gasteiger partial charge in [-0.05, 0) is 39.8 Å². The molecule has 0 aliphatic rings. The third-order valence-corrected chi connectivity index (χ3v) is 4.24. The van der Waals surface area contributed by atoms with Crippen molar-refractivity contribution in [3.63, 3.8) is 0 Å². The summed E-state index contributed by atoms with van der Waals surface area (Å²) < 4.78 is 10.9. The van der Waals surface area contributed by atoms with Gasteiger partial charge in [0.05, 0.1) is 5.69 Å². The predicted octanol–water partition coefficient (Wildman–Crippen LogP) is 4.25. The van der Waals surface area contributed by atoms with Crippen LogP contribution in [0.1, 0.15) is 28.1 Å². The number of aromatic nitrogens is 3. The van der Waals surface area contributed by atoms with Crippen LogP contribution in [-0.2, 0) is 5.75 Å². The minimum Gasteiger partial charge on any atom is -0.411 e. The number of thioether (sulfide) groups is 1. The van der Waals surface area contributed by atoms with E-state index in [4.69, 9.17) is 8.94 Å². The molecule has 0 unspecified atom stereocenters. The molecule has 0 saturated carbocycles. The van der Waals surface area contributed by atoms with Crippen molar-refractivity contribution in [2.75, 3.05) is 0 Å². The van der Waals surface area contributed by atoms with E-state index < -0.39 is 0 Å². The molecule has 0 N–H and O–H groups in total. The Bertz CT molecular complexity index is 768. The lowest BCUT2D eigenvalue weighted by atomic mass is 10.1. The van der Waals surface area contributed by atoms with Gasteiger partial charge in [-0.3, -0.25) is 0 Å². The highest BCUT2D eigenvalue weighted by atomic mass is 32.2. The van der Waals surface area contributed by atoms with Crippen molar-refractivity contribution in [3.05, 3.63) is 46.3 Å². The summed E-state index contributed by atoms with van der Waals surface area (Å²) in [6, 6.07) is 6.21. The van der Waals surface area contributed by atoms with Crippen LogP contribution in [0.15, 0.2) is 32.4 Å². The van der Waals surface area contributed by atoms with E-state index in [0.717, 1.165) is 22.6 Å². The van der Waals surface area contributed by atoms with Gasteiger partial charge in [0, 0.05) is 16.9 Å². The van der Waals surface area contributed by atoms with Crippen LogP contribution in [0.3, 0.4) is 0 Å². The molecule has 0 atom stereocenters. The van der Waals surface area contributed by atoms with Crippen LogP contribution in [-0.4, -0.2) is 15.4 Å². The molecular formula is C16H17N3O2S. The molecule has 0 aliphatic heterocycles. The summed E-state index contributed by atoms with van der Waals surface area (Å²) in [6.45, 7) is 7.95. The summed E-state index contributed by atoms with van der Waals surface area (Å²) in [6.07, 6.45) is 0. The fourth-order valence-corrected chi connectivity index (χ4v) is 3.24. The SMILES string of the molecule is Cc1cc(C)cc(-c2nnc(SCc3c(C)noc3C)o2)c1. The van der Waals surface area contributed by atoms with Gasteiger partial charge in [0.2, 0.25) is 5.89 Å². The van der Waals surface area contributed by atoms with Crippen LogP contribution in [0.2, 0.25) is 0 Å². The molecule has 2 heterocycles. The van der Waals surface area contributed by atoms with E-state index in [1.165, 1.54) is 22.9 Å².